The Kier molecular flexibility index (Phi) is 6.19. The second-order valence-electron chi connectivity index (χ2n) is 6.70. The van der Waals surface area contributed by atoms with Gasteiger partial charge < -0.3 is 19.9 Å². The lowest BCUT2D eigenvalue weighted by Gasteiger charge is -2.33. The van der Waals surface area contributed by atoms with Crippen LogP contribution >= 0.6 is 11.6 Å². The van der Waals surface area contributed by atoms with Crippen LogP contribution in [-0.4, -0.2) is 44.7 Å². The van der Waals surface area contributed by atoms with E-state index in [-0.39, 0.29) is 17.2 Å². The van der Waals surface area contributed by atoms with Crippen molar-refractivity contribution >= 4 is 23.3 Å². The molecule has 0 radical (unpaired) electrons. The zero-order valence-electron chi connectivity index (χ0n) is 15.4. The molecule has 0 spiro atoms. The fourth-order valence-electron chi connectivity index (χ4n) is 2.98. The lowest BCUT2D eigenvalue weighted by molar-refractivity contribution is -0.0155. The number of nitrogens with zero attached hydrogens (tertiary/aromatic N) is 2. The molecule has 7 heteroatoms. The SMILES string of the molecule is CN(C)c1cccc(CNC(=O)N2CCO[C@@H](c3ccc(F)c(Cl)c3)C2)c1. The van der Waals surface area contributed by atoms with Crippen LogP contribution in [0.1, 0.15) is 17.2 Å². The summed E-state index contributed by atoms with van der Waals surface area (Å²) in [5, 5.41) is 3.01. The van der Waals surface area contributed by atoms with Crippen molar-refractivity contribution in [1.82, 2.24) is 10.2 Å². The van der Waals surface area contributed by atoms with Crippen molar-refractivity contribution in [3.8, 4) is 0 Å². The highest BCUT2D eigenvalue weighted by molar-refractivity contribution is 6.30. The first-order valence-electron chi connectivity index (χ1n) is 8.79. The van der Waals surface area contributed by atoms with Crippen LogP contribution in [0.2, 0.25) is 5.02 Å². The summed E-state index contributed by atoms with van der Waals surface area (Å²) in [6.07, 6.45) is -0.320. The van der Waals surface area contributed by atoms with Crippen molar-refractivity contribution in [2.24, 2.45) is 0 Å². The van der Waals surface area contributed by atoms with Gasteiger partial charge in [0.25, 0.3) is 0 Å². The average molecular weight is 392 g/mol. The Morgan fingerprint density at radius 2 is 2.15 bits per heavy atom. The summed E-state index contributed by atoms with van der Waals surface area (Å²) in [7, 11) is 3.96. The quantitative estimate of drug-likeness (QED) is 0.861. The number of nitrogens with one attached hydrogen (secondary N) is 1. The minimum Gasteiger partial charge on any atom is -0.378 e. The molecule has 1 saturated heterocycles. The Labute approximate surface area is 163 Å². The minimum atomic E-state index is -0.467. The molecule has 1 fully saturated rings. The first-order valence-corrected chi connectivity index (χ1v) is 9.17. The molecule has 2 aromatic rings. The van der Waals surface area contributed by atoms with E-state index in [1.807, 2.05) is 43.3 Å². The highest BCUT2D eigenvalue weighted by atomic mass is 35.5. The summed E-state index contributed by atoms with van der Waals surface area (Å²) in [6.45, 7) is 1.77. The number of morpholine rings is 1. The van der Waals surface area contributed by atoms with E-state index in [0.29, 0.717) is 26.2 Å². The molecule has 144 valence electrons. The van der Waals surface area contributed by atoms with E-state index in [2.05, 4.69) is 5.32 Å². The average Bonchev–Trinajstić information content (AvgIpc) is 2.68. The van der Waals surface area contributed by atoms with Crippen molar-refractivity contribution < 1.29 is 13.9 Å². The number of urea groups is 1. The second kappa shape index (κ2) is 8.59. The summed E-state index contributed by atoms with van der Waals surface area (Å²) in [5.41, 5.74) is 2.88. The molecule has 1 aliphatic rings. The standard InChI is InChI=1S/C20H23ClFN3O2/c1-24(2)16-5-3-4-14(10-16)12-23-20(26)25-8-9-27-19(13-25)15-6-7-18(22)17(21)11-15/h3-7,10-11,19H,8-9,12-13H2,1-2H3,(H,23,26)/t19-/m1/s1. The van der Waals surface area contributed by atoms with Crippen LogP contribution in [0, 0.1) is 5.82 Å². The van der Waals surface area contributed by atoms with E-state index in [9.17, 15) is 9.18 Å². The molecule has 27 heavy (non-hydrogen) atoms. The van der Waals surface area contributed by atoms with Gasteiger partial charge in [0.2, 0.25) is 0 Å². The van der Waals surface area contributed by atoms with E-state index in [1.54, 1.807) is 17.0 Å². The number of hydrogen-bond acceptors (Lipinski definition) is 3. The van der Waals surface area contributed by atoms with Gasteiger partial charge in [-0.2, -0.15) is 0 Å². The Hall–Kier alpha value is -2.31. The number of halogens is 2. The van der Waals surface area contributed by atoms with Crippen LogP contribution in [-0.2, 0) is 11.3 Å². The van der Waals surface area contributed by atoms with Crippen LogP contribution < -0.4 is 10.2 Å². The van der Waals surface area contributed by atoms with Crippen molar-refractivity contribution in [3.05, 3.63) is 64.4 Å². The number of carbonyl (C=O) groups is 1. The maximum Gasteiger partial charge on any atom is 0.317 e. The van der Waals surface area contributed by atoms with Gasteiger partial charge in [-0.15, -0.1) is 0 Å². The van der Waals surface area contributed by atoms with Crippen molar-refractivity contribution in [3.63, 3.8) is 0 Å². The molecule has 3 rings (SSSR count). The molecule has 0 bridgehead atoms. The predicted octanol–water partition coefficient (Wildman–Crippen LogP) is 3.83. The number of benzene rings is 2. The van der Waals surface area contributed by atoms with Gasteiger partial charge in [-0.05, 0) is 35.4 Å². The van der Waals surface area contributed by atoms with Gasteiger partial charge >= 0.3 is 6.03 Å². The third kappa shape index (κ3) is 4.90. The van der Waals surface area contributed by atoms with Crippen molar-refractivity contribution in [2.45, 2.75) is 12.6 Å². The molecule has 1 heterocycles. The third-order valence-electron chi connectivity index (χ3n) is 4.54. The fourth-order valence-corrected chi connectivity index (χ4v) is 3.17. The van der Waals surface area contributed by atoms with Gasteiger partial charge in [-0.3, -0.25) is 0 Å². The molecule has 2 aromatic carbocycles. The zero-order chi connectivity index (χ0) is 19.4. The summed E-state index contributed by atoms with van der Waals surface area (Å²) in [5.74, 6) is -0.467. The number of rotatable bonds is 4. The van der Waals surface area contributed by atoms with E-state index in [0.717, 1.165) is 16.8 Å². The highest BCUT2D eigenvalue weighted by Crippen LogP contribution is 2.26. The molecule has 0 saturated carbocycles. The monoisotopic (exact) mass is 391 g/mol. The number of anilines is 1. The largest absolute Gasteiger partial charge is 0.378 e. The van der Waals surface area contributed by atoms with Crippen LogP contribution in [0.5, 0.6) is 0 Å². The van der Waals surface area contributed by atoms with Gasteiger partial charge in [-0.25, -0.2) is 9.18 Å². The Balaban J connectivity index is 1.59. The third-order valence-corrected chi connectivity index (χ3v) is 4.83. The van der Waals surface area contributed by atoms with E-state index < -0.39 is 5.82 Å². The van der Waals surface area contributed by atoms with Crippen LogP contribution in [0.25, 0.3) is 0 Å². The predicted molar refractivity (Wildman–Crippen MR) is 105 cm³/mol. The Morgan fingerprint density at radius 3 is 2.89 bits per heavy atom. The van der Waals surface area contributed by atoms with Crippen molar-refractivity contribution in [2.75, 3.05) is 38.7 Å². The summed E-state index contributed by atoms with van der Waals surface area (Å²) >= 11 is 5.86. The highest BCUT2D eigenvalue weighted by Gasteiger charge is 2.25. The number of ether oxygens (including phenoxy) is 1. The molecule has 1 atom stereocenters. The smallest absolute Gasteiger partial charge is 0.317 e. The Morgan fingerprint density at radius 1 is 1.33 bits per heavy atom. The molecule has 1 aliphatic heterocycles. The van der Waals surface area contributed by atoms with E-state index in [1.165, 1.54) is 6.07 Å². The molecule has 0 aromatic heterocycles. The van der Waals surface area contributed by atoms with Gasteiger partial charge in [0, 0.05) is 32.9 Å². The second-order valence-corrected chi connectivity index (χ2v) is 7.11. The molecular weight excluding hydrogens is 369 g/mol. The van der Waals surface area contributed by atoms with Crippen LogP contribution in [0.4, 0.5) is 14.9 Å². The lowest BCUT2D eigenvalue weighted by Crippen LogP contribution is -2.46. The molecule has 0 aliphatic carbocycles. The van der Waals surface area contributed by atoms with Gasteiger partial charge in [-0.1, -0.05) is 29.8 Å². The number of amides is 2. The van der Waals surface area contributed by atoms with Crippen LogP contribution in [0.3, 0.4) is 0 Å². The molecule has 0 unspecified atom stereocenters. The number of carbonyl (C=O) groups excluding carboxylic acids is 1. The first kappa shape index (κ1) is 19.5. The van der Waals surface area contributed by atoms with Gasteiger partial charge in [0.1, 0.15) is 11.9 Å². The Bertz CT molecular complexity index is 816. The van der Waals surface area contributed by atoms with E-state index in [4.69, 9.17) is 16.3 Å². The number of hydrogen-bond donors (Lipinski definition) is 1. The molecule has 1 N–H and O–H groups in total. The summed E-state index contributed by atoms with van der Waals surface area (Å²) < 4.78 is 19.1. The van der Waals surface area contributed by atoms with Gasteiger partial charge in [0.15, 0.2) is 0 Å². The van der Waals surface area contributed by atoms with Crippen LogP contribution in [0.15, 0.2) is 42.5 Å². The van der Waals surface area contributed by atoms with Crippen molar-refractivity contribution in [1.29, 1.82) is 0 Å². The first-order chi connectivity index (χ1) is 12.9. The topological polar surface area (TPSA) is 44.8 Å². The molecule has 2 amide bonds. The lowest BCUT2D eigenvalue weighted by atomic mass is 10.1. The maximum atomic E-state index is 13.4. The normalized spacial score (nSPS) is 16.9. The molecule has 5 nitrogen and oxygen atoms in total. The van der Waals surface area contributed by atoms with E-state index >= 15 is 0 Å². The maximum absolute atomic E-state index is 13.4. The van der Waals surface area contributed by atoms with Gasteiger partial charge in [0.05, 0.1) is 18.2 Å². The minimum absolute atomic E-state index is 0.0541. The zero-order valence-corrected chi connectivity index (χ0v) is 16.2. The fraction of sp³-hybridized carbons (Fsp3) is 0.350. The summed E-state index contributed by atoms with van der Waals surface area (Å²) in [6, 6.07) is 12.4. The molecular formula is C20H23ClFN3O2. The summed E-state index contributed by atoms with van der Waals surface area (Å²) in [4.78, 5) is 16.3.